The lowest BCUT2D eigenvalue weighted by Crippen LogP contribution is -2.38. The maximum absolute atomic E-state index is 11.7. The van der Waals surface area contributed by atoms with Crippen molar-refractivity contribution in [2.24, 2.45) is 0 Å². The zero-order valence-corrected chi connectivity index (χ0v) is 12.6. The zero-order valence-electron chi connectivity index (χ0n) is 11.9. The van der Waals surface area contributed by atoms with Crippen molar-refractivity contribution in [1.82, 2.24) is 5.32 Å². The lowest BCUT2D eigenvalue weighted by atomic mass is 10.0. The molecular formula is C14H18ClNO4. The molecule has 0 saturated carbocycles. The van der Waals surface area contributed by atoms with Crippen molar-refractivity contribution in [3.05, 3.63) is 34.3 Å². The first-order chi connectivity index (χ1) is 9.10. The number of nitrogens with one attached hydrogen (secondary N) is 1. The molecule has 2 N–H and O–H groups in total. The highest BCUT2D eigenvalue weighted by Crippen LogP contribution is 2.21. The molecular weight excluding hydrogens is 282 g/mol. The number of rotatable bonds is 3. The number of carboxylic acid groups (broad SMARTS) is 1. The molecule has 0 aromatic heterocycles. The van der Waals surface area contributed by atoms with E-state index in [0.29, 0.717) is 10.6 Å². The SMILES string of the molecule is Cc1cc([C@H](NC(=O)OC(C)(C)C)C(=O)O)ccc1Cl. The summed E-state index contributed by atoms with van der Waals surface area (Å²) in [6.45, 7) is 6.87. The van der Waals surface area contributed by atoms with Crippen LogP contribution in [0.25, 0.3) is 0 Å². The number of carbonyl (C=O) groups excluding carboxylic acids is 1. The van der Waals surface area contributed by atoms with Crippen LogP contribution in [0.3, 0.4) is 0 Å². The Morgan fingerprint density at radius 3 is 2.40 bits per heavy atom. The minimum Gasteiger partial charge on any atom is -0.479 e. The first kappa shape index (κ1) is 16.3. The molecule has 1 atom stereocenters. The highest BCUT2D eigenvalue weighted by molar-refractivity contribution is 6.31. The molecule has 1 aromatic carbocycles. The lowest BCUT2D eigenvalue weighted by molar-refractivity contribution is -0.139. The molecule has 0 spiro atoms. The van der Waals surface area contributed by atoms with Crippen molar-refractivity contribution < 1.29 is 19.4 Å². The number of halogens is 1. The van der Waals surface area contributed by atoms with Gasteiger partial charge in [0.2, 0.25) is 0 Å². The molecule has 0 radical (unpaired) electrons. The number of carboxylic acids is 1. The summed E-state index contributed by atoms with van der Waals surface area (Å²) in [6, 6.07) is 3.60. The molecule has 0 bridgehead atoms. The summed E-state index contributed by atoms with van der Waals surface area (Å²) in [5.74, 6) is -1.17. The number of amides is 1. The van der Waals surface area contributed by atoms with Gasteiger partial charge in [0.15, 0.2) is 6.04 Å². The molecule has 1 aromatic rings. The molecule has 0 unspecified atom stereocenters. The van der Waals surface area contributed by atoms with Gasteiger partial charge in [0, 0.05) is 5.02 Å². The van der Waals surface area contributed by atoms with Crippen molar-refractivity contribution in [3.8, 4) is 0 Å². The van der Waals surface area contributed by atoms with E-state index in [4.69, 9.17) is 16.3 Å². The van der Waals surface area contributed by atoms with E-state index in [1.165, 1.54) is 0 Å². The zero-order chi connectivity index (χ0) is 15.5. The summed E-state index contributed by atoms with van der Waals surface area (Å²) in [4.78, 5) is 23.0. The number of hydrogen-bond acceptors (Lipinski definition) is 3. The third-order valence-corrected chi connectivity index (χ3v) is 2.85. The maximum atomic E-state index is 11.7. The van der Waals surface area contributed by atoms with Crippen molar-refractivity contribution in [2.45, 2.75) is 39.3 Å². The van der Waals surface area contributed by atoms with Gasteiger partial charge in [-0.2, -0.15) is 0 Å². The quantitative estimate of drug-likeness (QED) is 0.898. The predicted octanol–water partition coefficient (Wildman–Crippen LogP) is 3.30. The molecule has 5 nitrogen and oxygen atoms in total. The summed E-state index contributed by atoms with van der Waals surface area (Å²) in [7, 11) is 0. The van der Waals surface area contributed by atoms with E-state index >= 15 is 0 Å². The van der Waals surface area contributed by atoms with Crippen LogP contribution in [0.2, 0.25) is 5.02 Å². The molecule has 0 aliphatic carbocycles. The Morgan fingerprint density at radius 2 is 1.95 bits per heavy atom. The second-order valence-corrected chi connectivity index (χ2v) is 5.83. The Labute approximate surface area is 122 Å². The summed E-state index contributed by atoms with van der Waals surface area (Å²) in [6.07, 6.45) is -0.780. The highest BCUT2D eigenvalue weighted by atomic mass is 35.5. The number of benzene rings is 1. The van der Waals surface area contributed by atoms with Crippen LogP contribution in [0.1, 0.15) is 37.9 Å². The van der Waals surface area contributed by atoms with Crippen LogP contribution < -0.4 is 5.32 Å². The minimum absolute atomic E-state index is 0.435. The molecule has 1 amide bonds. The minimum atomic E-state index is -1.18. The molecule has 0 heterocycles. The number of aryl methyl sites for hydroxylation is 1. The Hall–Kier alpha value is -1.75. The second-order valence-electron chi connectivity index (χ2n) is 5.43. The molecule has 110 valence electrons. The molecule has 0 aliphatic heterocycles. The van der Waals surface area contributed by atoms with Gasteiger partial charge in [-0.05, 0) is 44.9 Å². The van der Waals surface area contributed by atoms with E-state index in [-0.39, 0.29) is 0 Å². The van der Waals surface area contributed by atoms with Crippen molar-refractivity contribution in [1.29, 1.82) is 0 Å². The third kappa shape index (κ3) is 4.74. The Kier molecular flexibility index (Phi) is 5.00. The maximum Gasteiger partial charge on any atom is 0.408 e. The predicted molar refractivity (Wildman–Crippen MR) is 75.9 cm³/mol. The normalized spacial score (nSPS) is 12.7. The van der Waals surface area contributed by atoms with Gasteiger partial charge in [0.1, 0.15) is 5.60 Å². The van der Waals surface area contributed by atoms with Gasteiger partial charge in [-0.3, -0.25) is 0 Å². The average molecular weight is 300 g/mol. The number of aliphatic carboxylic acids is 1. The van der Waals surface area contributed by atoms with Gasteiger partial charge in [-0.1, -0.05) is 23.7 Å². The Bertz CT molecular complexity index is 522. The summed E-state index contributed by atoms with van der Waals surface area (Å²) < 4.78 is 5.05. The van der Waals surface area contributed by atoms with Crippen LogP contribution in [-0.4, -0.2) is 22.8 Å². The Morgan fingerprint density at radius 1 is 1.35 bits per heavy atom. The molecule has 0 aliphatic rings. The first-order valence-electron chi connectivity index (χ1n) is 6.08. The molecule has 0 fully saturated rings. The van der Waals surface area contributed by atoms with Crippen LogP contribution >= 0.6 is 11.6 Å². The lowest BCUT2D eigenvalue weighted by Gasteiger charge is -2.22. The van der Waals surface area contributed by atoms with E-state index in [9.17, 15) is 14.7 Å². The van der Waals surface area contributed by atoms with E-state index in [0.717, 1.165) is 5.56 Å². The van der Waals surface area contributed by atoms with Gasteiger partial charge in [-0.25, -0.2) is 9.59 Å². The fourth-order valence-electron chi connectivity index (χ4n) is 1.56. The van der Waals surface area contributed by atoms with E-state index < -0.39 is 23.7 Å². The smallest absolute Gasteiger partial charge is 0.408 e. The topological polar surface area (TPSA) is 75.6 Å². The molecule has 20 heavy (non-hydrogen) atoms. The largest absolute Gasteiger partial charge is 0.479 e. The standard InChI is InChI=1S/C14H18ClNO4/c1-8-7-9(5-6-10(8)15)11(12(17)18)16-13(19)20-14(2,3)4/h5-7,11H,1-4H3,(H,16,19)(H,17,18)/t11-/m0/s1. The van der Waals surface area contributed by atoms with Crippen LogP contribution in [0.4, 0.5) is 4.79 Å². The van der Waals surface area contributed by atoms with Crippen LogP contribution in [0.15, 0.2) is 18.2 Å². The van der Waals surface area contributed by atoms with Crippen LogP contribution in [-0.2, 0) is 9.53 Å². The number of carbonyl (C=O) groups is 2. The Balaban J connectivity index is 2.92. The van der Waals surface area contributed by atoms with E-state index in [1.54, 1.807) is 45.9 Å². The molecule has 0 saturated heterocycles. The van der Waals surface area contributed by atoms with Gasteiger partial charge < -0.3 is 15.2 Å². The molecule has 6 heteroatoms. The average Bonchev–Trinajstić information content (AvgIpc) is 2.27. The van der Waals surface area contributed by atoms with Gasteiger partial charge in [0.05, 0.1) is 0 Å². The van der Waals surface area contributed by atoms with Crippen molar-refractivity contribution >= 4 is 23.7 Å². The van der Waals surface area contributed by atoms with E-state index in [2.05, 4.69) is 5.32 Å². The van der Waals surface area contributed by atoms with Gasteiger partial charge in [0.25, 0.3) is 0 Å². The third-order valence-electron chi connectivity index (χ3n) is 2.42. The highest BCUT2D eigenvalue weighted by Gasteiger charge is 2.25. The number of ether oxygens (including phenoxy) is 1. The first-order valence-corrected chi connectivity index (χ1v) is 6.46. The van der Waals surface area contributed by atoms with Crippen molar-refractivity contribution in [2.75, 3.05) is 0 Å². The number of hydrogen-bond donors (Lipinski definition) is 2. The van der Waals surface area contributed by atoms with Crippen LogP contribution in [0.5, 0.6) is 0 Å². The monoisotopic (exact) mass is 299 g/mol. The summed E-state index contributed by atoms with van der Waals surface area (Å²) in [5.41, 5.74) is 0.481. The van der Waals surface area contributed by atoms with Gasteiger partial charge in [-0.15, -0.1) is 0 Å². The fraction of sp³-hybridized carbons (Fsp3) is 0.429. The summed E-state index contributed by atoms with van der Waals surface area (Å²) >= 11 is 5.90. The van der Waals surface area contributed by atoms with Crippen LogP contribution in [0, 0.1) is 6.92 Å². The molecule has 1 rings (SSSR count). The summed E-state index contributed by atoms with van der Waals surface area (Å²) in [5, 5.41) is 12.1. The van der Waals surface area contributed by atoms with Crippen molar-refractivity contribution in [3.63, 3.8) is 0 Å². The van der Waals surface area contributed by atoms with Gasteiger partial charge >= 0.3 is 12.1 Å². The van der Waals surface area contributed by atoms with E-state index in [1.807, 2.05) is 0 Å². The fourth-order valence-corrected chi connectivity index (χ4v) is 1.68. The number of alkyl carbamates (subject to hydrolysis) is 1. The second kappa shape index (κ2) is 6.13.